The summed E-state index contributed by atoms with van der Waals surface area (Å²) in [5, 5.41) is 4.20. The summed E-state index contributed by atoms with van der Waals surface area (Å²) in [6.07, 6.45) is 2.63. The van der Waals surface area contributed by atoms with Crippen molar-refractivity contribution in [2.75, 3.05) is 6.54 Å². The first kappa shape index (κ1) is 16.6. The Morgan fingerprint density at radius 2 is 2.17 bits per heavy atom. The third-order valence-corrected chi connectivity index (χ3v) is 5.01. The molecular formula is C19H25N3O2. The number of benzene rings is 1. The number of hydrogen-bond donors (Lipinski definition) is 2. The van der Waals surface area contributed by atoms with Gasteiger partial charge < -0.3 is 15.2 Å². The van der Waals surface area contributed by atoms with Crippen LogP contribution >= 0.6 is 0 Å². The molecule has 1 saturated heterocycles. The van der Waals surface area contributed by atoms with E-state index in [2.05, 4.69) is 36.3 Å². The molecule has 0 bridgehead atoms. The van der Waals surface area contributed by atoms with Gasteiger partial charge in [0, 0.05) is 36.6 Å². The molecule has 0 spiro atoms. The van der Waals surface area contributed by atoms with E-state index in [-0.39, 0.29) is 17.9 Å². The first-order valence-corrected chi connectivity index (χ1v) is 8.66. The van der Waals surface area contributed by atoms with Crippen molar-refractivity contribution in [3.63, 3.8) is 0 Å². The largest absolute Gasteiger partial charge is 0.358 e. The van der Waals surface area contributed by atoms with Crippen molar-refractivity contribution in [1.82, 2.24) is 15.2 Å². The number of amides is 2. The zero-order valence-corrected chi connectivity index (χ0v) is 14.6. The zero-order chi connectivity index (χ0) is 17.3. The minimum absolute atomic E-state index is 0.0240. The van der Waals surface area contributed by atoms with Crippen molar-refractivity contribution < 1.29 is 9.59 Å². The van der Waals surface area contributed by atoms with Crippen molar-refractivity contribution in [3.8, 4) is 0 Å². The fraction of sp³-hybridized carbons (Fsp3) is 0.474. The van der Waals surface area contributed by atoms with E-state index in [1.54, 1.807) is 4.90 Å². The van der Waals surface area contributed by atoms with E-state index in [0.717, 1.165) is 30.3 Å². The van der Waals surface area contributed by atoms with Crippen LogP contribution in [0.25, 0.3) is 10.9 Å². The van der Waals surface area contributed by atoms with Gasteiger partial charge in [-0.05, 0) is 49.4 Å². The zero-order valence-electron chi connectivity index (χ0n) is 14.6. The van der Waals surface area contributed by atoms with Crippen molar-refractivity contribution in [2.45, 2.75) is 52.6 Å². The van der Waals surface area contributed by atoms with Crippen LogP contribution in [-0.2, 0) is 22.6 Å². The molecule has 5 heteroatoms. The summed E-state index contributed by atoms with van der Waals surface area (Å²) in [5.41, 5.74) is 4.75. The third kappa shape index (κ3) is 3.03. The number of carbonyl (C=O) groups is 2. The monoisotopic (exact) mass is 327 g/mol. The fourth-order valence-electron chi connectivity index (χ4n) is 3.62. The second kappa shape index (κ2) is 6.67. The Morgan fingerprint density at radius 1 is 1.38 bits per heavy atom. The highest BCUT2D eigenvalue weighted by atomic mass is 16.2. The molecule has 0 unspecified atom stereocenters. The normalized spacial score (nSPS) is 17.5. The highest BCUT2D eigenvalue weighted by Gasteiger charge is 2.31. The average molecular weight is 327 g/mol. The summed E-state index contributed by atoms with van der Waals surface area (Å²) in [4.78, 5) is 29.1. The predicted molar refractivity (Wildman–Crippen MR) is 94.7 cm³/mol. The van der Waals surface area contributed by atoms with Crippen molar-refractivity contribution in [3.05, 3.63) is 35.0 Å². The van der Waals surface area contributed by atoms with Gasteiger partial charge >= 0.3 is 0 Å². The average Bonchev–Trinajstić information content (AvgIpc) is 3.18. The number of aryl methyl sites for hydroxylation is 2. The van der Waals surface area contributed by atoms with Crippen LogP contribution in [0.3, 0.4) is 0 Å². The van der Waals surface area contributed by atoms with E-state index < -0.39 is 0 Å². The SMILES string of the molecule is CCc1[nH]c2ccc(CNC(=O)[C@@H]3CCCN3C(C)=O)cc2c1C. The summed E-state index contributed by atoms with van der Waals surface area (Å²) >= 11 is 0. The molecule has 1 atom stereocenters. The lowest BCUT2D eigenvalue weighted by Gasteiger charge is -2.22. The molecular weight excluding hydrogens is 302 g/mol. The maximum atomic E-state index is 12.4. The Balaban J connectivity index is 1.70. The van der Waals surface area contributed by atoms with E-state index >= 15 is 0 Å². The van der Waals surface area contributed by atoms with Crippen LogP contribution in [0.1, 0.15) is 43.5 Å². The highest BCUT2D eigenvalue weighted by molar-refractivity contribution is 5.88. The molecule has 1 aliphatic heterocycles. The standard InChI is InChI=1S/C19H25N3O2/c1-4-16-12(2)15-10-14(7-8-17(15)21-16)11-20-19(24)18-6-5-9-22(18)13(3)23/h7-8,10,18,21H,4-6,9,11H2,1-3H3,(H,20,24)/t18-/m0/s1. The summed E-state index contributed by atoms with van der Waals surface area (Å²) in [7, 11) is 0. The molecule has 1 aromatic carbocycles. The van der Waals surface area contributed by atoms with Crippen LogP contribution in [-0.4, -0.2) is 34.3 Å². The molecule has 2 aromatic rings. The maximum absolute atomic E-state index is 12.4. The van der Waals surface area contributed by atoms with Crippen molar-refractivity contribution in [1.29, 1.82) is 0 Å². The summed E-state index contributed by atoms with van der Waals surface area (Å²) in [5.74, 6) is -0.0769. The summed E-state index contributed by atoms with van der Waals surface area (Å²) < 4.78 is 0. The Bertz CT molecular complexity index is 778. The van der Waals surface area contributed by atoms with E-state index in [0.29, 0.717) is 13.1 Å². The lowest BCUT2D eigenvalue weighted by molar-refractivity contribution is -0.136. The van der Waals surface area contributed by atoms with Crippen LogP contribution < -0.4 is 5.32 Å². The van der Waals surface area contributed by atoms with E-state index in [1.807, 2.05) is 6.07 Å². The number of carbonyl (C=O) groups excluding carboxylic acids is 2. The number of H-pyrrole nitrogens is 1. The van der Waals surface area contributed by atoms with Gasteiger partial charge in [-0.25, -0.2) is 0 Å². The molecule has 24 heavy (non-hydrogen) atoms. The van der Waals surface area contributed by atoms with Gasteiger partial charge in [-0.15, -0.1) is 0 Å². The van der Waals surface area contributed by atoms with E-state index in [1.165, 1.54) is 23.6 Å². The molecule has 0 radical (unpaired) electrons. The number of aromatic amines is 1. The quantitative estimate of drug-likeness (QED) is 0.907. The van der Waals surface area contributed by atoms with Crippen LogP contribution in [0.15, 0.2) is 18.2 Å². The number of rotatable bonds is 4. The number of nitrogens with zero attached hydrogens (tertiary/aromatic N) is 1. The van der Waals surface area contributed by atoms with Crippen LogP contribution in [0.4, 0.5) is 0 Å². The molecule has 5 nitrogen and oxygen atoms in total. The van der Waals surface area contributed by atoms with E-state index in [4.69, 9.17) is 0 Å². The minimum atomic E-state index is -0.313. The van der Waals surface area contributed by atoms with Gasteiger partial charge in [0.15, 0.2) is 0 Å². The van der Waals surface area contributed by atoms with Gasteiger partial charge in [0.2, 0.25) is 11.8 Å². The molecule has 1 aromatic heterocycles. The smallest absolute Gasteiger partial charge is 0.243 e. The fourth-order valence-corrected chi connectivity index (χ4v) is 3.62. The highest BCUT2D eigenvalue weighted by Crippen LogP contribution is 2.23. The lowest BCUT2D eigenvalue weighted by atomic mass is 10.1. The van der Waals surface area contributed by atoms with Crippen LogP contribution in [0.5, 0.6) is 0 Å². The third-order valence-electron chi connectivity index (χ3n) is 5.01. The number of aromatic nitrogens is 1. The molecule has 2 N–H and O–H groups in total. The van der Waals surface area contributed by atoms with Crippen molar-refractivity contribution in [2.24, 2.45) is 0 Å². The Hall–Kier alpha value is -2.30. The van der Waals surface area contributed by atoms with Gasteiger partial charge in [-0.3, -0.25) is 9.59 Å². The van der Waals surface area contributed by atoms with Crippen LogP contribution in [0, 0.1) is 6.92 Å². The number of hydrogen-bond acceptors (Lipinski definition) is 2. The number of nitrogens with one attached hydrogen (secondary N) is 2. The predicted octanol–water partition coefficient (Wildman–Crippen LogP) is 2.67. The van der Waals surface area contributed by atoms with Gasteiger partial charge in [-0.2, -0.15) is 0 Å². The summed E-state index contributed by atoms with van der Waals surface area (Å²) in [6.45, 7) is 6.97. The van der Waals surface area contributed by atoms with Gasteiger partial charge in [0.25, 0.3) is 0 Å². The topological polar surface area (TPSA) is 65.2 Å². The van der Waals surface area contributed by atoms with E-state index in [9.17, 15) is 9.59 Å². The first-order chi connectivity index (χ1) is 11.5. The van der Waals surface area contributed by atoms with Gasteiger partial charge in [-0.1, -0.05) is 13.0 Å². The minimum Gasteiger partial charge on any atom is -0.358 e. The second-order valence-electron chi connectivity index (χ2n) is 6.55. The van der Waals surface area contributed by atoms with Gasteiger partial charge in [0.1, 0.15) is 6.04 Å². The summed E-state index contributed by atoms with van der Waals surface area (Å²) in [6, 6.07) is 5.93. The maximum Gasteiger partial charge on any atom is 0.243 e. The molecule has 3 rings (SSSR count). The first-order valence-electron chi connectivity index (χ1n) is 8.66. The van der Waals surface area contributed by atoms with Crippen molar-refractivity contribution >= 4 is 22.7 Å². The molecule has 0 aliphatic carbocycles. The Morgan fingerprint density at radius 3 is 2.88 bits per heavy atom. The van der Waals surface area contributed by atoms with Gasteiger partial charge in [0.05, 0.1) is 0 Å². The lowest BCUT2D eigenvalue weighted by Crippen LogP contribution is -2.44. The molecule has 1 aliphatic rings. The molecule has 2 heterocycles. The number of likely N-dealkylation sites (tertiary alicyclic amines) is 1. The van der Waals surface area contributed by atoms with Crippen LogP contribution in [0.2, 0.25) is 0 Å². The second-order valence-corrected chi connectivity index (χ2v) is 6.55. The molecule has 128 valence electrons. The molecule has 0 saturated carbocycles. The Kier molecular flexibility index (Phi) is 4.60. The molecule has 2 amide bonds. The molecule has 1 fully saturated rings. The number of fused-ring (bicyclic) bond motifs is 1. The Labute approximate surface area is 142 Å².